The van der Waals surface area contributed by atoms with Gasteiger partial charge in [0.15, 0.2) is 11.5 Å². The predicted octanol–water partition coefficient (Wildman–Crippen LogP) is 4.57. The third kappa shape index (κ3) is 5.97. The molecule has 7 heteroatoms. The van der Waals surface area contributed by atoms with Crippen molar-refractivity contribution in [1.29, 1.82) is 0 Å². The van der Waals surface area contributed by atoms with Crippen LogP contribution in [0.4, 0.5) is 0 Å². The van der Waals surface area contributed by atoms with Crippen LogP contribution < -0.4 is 15.0 Å². The molecule has 0 saturated carbocycles. The van der Waals surface area contributed by atoms with Crippen molar-refractivity contribution in [3.63, 3.8) is 0 Å². The molecule has 1 aromatic heterocycles. The van der Waals surface area contributed by atoms with Gasteiger partial charge in [0, 0.05) is 6.08 Å². The summed E-state index contributed by atoms with van der Waals surface area (Å²) in [4.78, 5) is 31.5. The van der Waals surface area contributed by atoms with E-state index >= 15 is 0 Å². The molecule has 168 valence electrons. The van der Waals surface area contributed by atoms with Gasteiger partial charge in [-0.2, -0.15) is 0 Å². The predicted molar refractivity (Wildman–Crippen MR) is 124 cm³/mol. The van der Waals surface area contributed by atoms with Crippen LogP contribution in [-0.2, 0) is 16.1 Å². The van der Waals surface area contributed by atoms with Gasteiger partial charge in [-0.25, -0.2) is 9.78 Å². The molecule has 0 aliphatic heterocycles. The number of para-hydroxylation sites is 1. The second-order valence-electron chi connectivity index (χ2n) is 7.27. The lowest BCUT2D eigenvalue weighted by Crippen LogP contribution is -2.14. The zero-order valence-electron chi connectivity index (χ0n) is 18.6. The van der Waals surface area contributed by atoms with E-state index in [0.717, 1.165) is 24.0 Å². The van der Waals surface area contributed by atoms with Crippen LogP contribution in [0.25, 0.3) is 17.0 Å². The summed E-state index contributed by atoms with van der Waals surface area (Å²) in [5.41, 5.74) is 2.00. The molecular formula is C25H28N2O5. The second-order valence-corrected chi connectivity index (χ2v) is 7.27. The zero-order valence-corrected chi connectivity index (χ0v) is 18.6. The number of esters is 1. The number of aryl methyl sites for hydroxylation is 1. The van der Waals surface area contributed by atoms with E-state index in [2.05, 4.69) is 16.9 Å². The topological polar surface area (TPSA) is 90.5 Å². The molecule has 0 spiro atoms. The summed E-state index contributed by atoms with van der Waals surface area (Å²) in [7, 11) is 0. The molecule has 1 N–H and O–H groups in total. The lowest BCUT2D eigenvalue weighted by molar-refractivity contribution is -0.139. The highest BCUT2D eigenvalue weighted by atomic mass is 16.5. The number of H-pyrrole nitrogens is 1. The molecule has 32 heavy (non-hydrogen) atoms. The minimum absolute atomic E-state index is 0.128. The number of rotatable bonds is 10. The molecule has 0 aliphatic carbocycles. The Bertz CT molecular complexity index is 1170. The molecule has 0 atom stereocenters. The maximum atomic E-state index is 12.2. The Morgan fingerprint density at radius 1 is 1.12 bits per heavy atom. The van der Waals surface area contributed by atoms with Crippen molar-refractivity contribution in [3.8, 4) is 11.5 Å². The largest absolute Gasteiger partial charge is 0.490 e. The average molecular weight is 437 g/mol. The number of carbonyl (C=O) groups excluding carboxylic acids is 1. The molecular weight excluding hydrogens is 408 g/mol. The summed E-state index contributed by atoms with van der Waals surface area (Å²) < 4.78 is 16.7. The fourth-order valence-corrected chi connectivity index (χ4v) is 3.11. The first kappa shape index (κ1) is 23.1. The van der Waals surface area contributed by atoms with E-state index in [-0.39, 0.29) is 12.2 Å². The van der Waals surface area contributed by atoms with E-state index in [1.165, 1.54) is 6.08 Å². The molecule has 0 aliphatic rings. The second kappa shape index (κ2) is 11.1. The first-order valence-corrected chi connectivity index (χ1v) is 10.7. The lowest BCUT2D eigenvalue weighted by Gasteiger charge is -2.12. The number of unbranched alkanes of at least 4 members (excludes halogenated alkanes) is 1. The quantitative estimate of drug-likeness (QED) is 0.285. The van der Waals surface area contributed by atoms with Crippen molar-refractivity contribution in [2.75, 3.05) is 13.2 Å². The molecule has 7 nitrogen and oxygen atoms in total. The van der Waals surface area contributed by atoms with E-state index in [1.54, 1.807) is 18.2 Å². The van der Waals surface area contributed by atoms with E-state index < -0.39 is 5.97 Å². The maximum Gasteiger partial charge on any atom is 0.331 e. The van der Waals surface area contributed by atoms with Gasteiger partial charge in [0.25, 0.3) is 5.56 Å². The lowest BCUT2D eigenvalue weighted by atomic mass is 10.1. The molecule has 0 radical (unpaired) electrons. The van der Waals surface area contributed by atoms with E-state index in [9.17, 15) is 9.59 Å². The number of carbonyl (C=O) groups is 1. The van der Waals surface area contributed by atoms with Crippen LogP contribution in [0, 0.1) is 6.92 Å². The van der Waals surface area contributed by atoms with Gasteiger partial charge >= 0.3 is 5.97 Å². The van der Waals surface area contributed by atoms with Crippen LogP contribution in [0.1, 0.15) is 43.6 Å². The fourth-order valence-electron chi connectivity index (χ4n) is 3.11. The molecule has 0 bridgehead atoms. The Kier molecular flexibility index (Phi) is 8.02. The molecule has 0 saturated heterocycles. The van der Waals surface area contributed by atoms with Crippen molar-refractivity contribution >= 4 is 22.9 Å². The van der Waals surface area contributed by atoms with Crippen LogP contribution in [0.5, 0.6) is 11.5 Å². The SMILES string of the molecule is CCCCOc1ccc(/C=C/C(=O)OCc2nc3c(C)cccc3c(=O)[nH]2)cc1OCC. The van der Waals surface area contributed by atoms with Gasteiger partial charge in [0.2, 0.25) is 0 Å². The molecule has 3 rings (SSSR count). The van der Waals surface area contributed by atoms with Crippen LogP contribution >= 0.6 is 0 Å². The number of aromatic amines is 1. The van der Waals surface area contributed by atoms with Crippen LogP contribution in [0.2, 0.25) is 0 Å². The summed E-state index contributed by atoms with van der Waals surface area (Å²) in [6.45, 7) is 6.90. The normalized spacial score (nSPS) is 11.1. The van der Waals surface area contributed by atoms with Gasteiger partial charge in [0.05, 0.1) is 24.1 Å². The summed E-state index contributed by atoms with van der Waals surface area (Å²) >= 11 is 0. The first-order chi connectivity index (χ1) is 15.5. The third-order valence-electron chi connectivity index (χ3n) is 4.77. The molecule has 1 heterocycles. The Morgan fingerprint density at radius 2 is 1.97 bits per heavy atom. The smallest absolute Gasteiger partial charge is 0.331 e. The number of benzene rings is 2. The molecule has 0 unspecified atom stereocenters. The van der Waals surface area contributed by atoms with Gasteiger partial charge in [-0.1, -0.05) is 31.5 Å². The number of aromatic nitrogens is 2. The van der Waals surface area contributed by atoms with Crippen molar-refractivity contribution in [2.24, 2.45) is 0 Å². The van der Waals surface area contributed by atoms with Crippen molar-refractivity contribution < 1.29 is 19.0 Å². The standard InChI is InChI=1S/C25H28N2O5/c1-4-6-14-31-20-12-10-18(15-21(20)30-5-2)11-13-23(28)32-16-22-26-24-17(3)8-7-9-19(24)25(29)27-22/h7-13,15H,4-6,14,16H2,1-3H3,(H,26,27,29)/b13-11+. The molecule has 2 aromatic carbocycles. The highest BCUT2D eigenvalue weighted by Crippen LogP contribution is 2.29. The number of nitrogens with one attached hydrogen (secondary N) is 1. The highest BCUT2D eigenvalue weighted by molar-refractivity contribution is 5.87. The number of hydrogen-bond acceptors (Lipinski definition) is 6. The Balaban J connectivity index is 1.65. The van der Waals surface area contributed by atoms with Crippen molar-refractivity contribution in [1.82, 2.24) is 9.97 Å². The summed E-state index contributed by atoms with van der Waals surface area (Å²) in [5, 5.41) is 0.507. The summed E-state index contributed by atoms with van der Waals surface area (Å²) in [5.74, 6) is 1.07. The van der Waals surface area contributed by atoms with Crippen molar-refractivity contribution in [2.45, 2.75) is 40.2 Å². The van der Waals surface area contributed by atoms with Gasteiger partial charge in [-0.15, -0.1) is 0 Å². The van der Waals surface area contributed by atoms with Crippen LogP contribution in [0.3, 0.4) is 0 Å². The monoisotopic (exact) mass is 436 g/mol. The summed E-state index contributed by atoms with van der Waals surface area (Å²) in [6.07, 6.45) is 4.99. The average Bonchev–Trinajstić information content (AvgIpc) is 2.78. The van der Waals surface area contributed by atoms with E-state index in [4.69, 9.17) is 14.2 Å². The minimum Gasteiger partial charge on any atom is -0.490 e. The Hall–Kier alpha value is -3.61. The van der Waals surface area contributed by atoms with Crippen LogP contribution in [0.15, 0.2) is 47.3 Å². The Labute approximate surface area is 187 Å². The first-order valence-electron chi connectivity index (χ1n) is 10.7. The zero-order chi connectivity index (χ0) is 22.9. The number of ether oxygens (including phenoxy) is 3. The number of hydrogen-bond donors (Lipinski definition) is 1. The van der Waals surface area contributed by atoms with Gasteiger partial charge in [-0.3, -0.25) is 4.79 Å². The van der Waals surface area contributed by atoms with E-state index in [0.29, 0.717) is 41.4 Å². The number of nitrogens with zero attached hydrogens (tertiary/aromatic N) is 1. The Morgan fingerprint density at radius 3 is 2.75 bits per heavy atom. The van der Waals surface area contributed by atoms with Crippen LogP contribution in [-0.4, -0.2) is 29.2 Å². The maximum absolute atomic E-state index is 12.2. The minimum atomic E-state index is -0.543. The highest BCUT2D eigenvalue weighted by Gasteiger charge is 2.08. The van der Waals surface area contributed by atoms with Gasteiger partial charge in [0.1, 0.15) is 12.4 Å². The molecule has 0 amide bonds. The molecule has 3 aromatic rings. The van der Waals surface area contributed by atoms with Gasteiger partial charge < -0.3 is 19.2 Å². The number of fused-ring (bicyclic) bond motifs is 1. The molecule has 0 fully saturated rings. The van der Waals surface area contributed by atoms with Crippen molar-refractivity contribution in [3.05, 3.63) is 69.8 Å². The summed E-state index contributed by atoms with van der Waals surface area (Å²) in [6, 6.07) is 10.9. The third-order valence-corrected chi connectivity index (χ3v) is 4.77. The van der Waals surface area contributed by atoms with Gasteiger partial charge in [-0.05, 0) is 55.7 Å². The fraction of sp³-hybridized carbons (Fsp3) is 0.320. The van der Waals surface area contributed by atoms with E-state index in [1.807, 2.05) is 38.1 Å².